The quantitative estimate of drug-likeness (QED) is 0.813. The molecule has 1 aliphatic heterocycles. The van der Waals surface area contributed by atoms with Gasteiger partial charge in [-0.2, -0.15) is 8.78 Å². The van der Waals surface area contributed by atoms with Crippen molar-refractivity contribution in [2.45, 2.75) is 18.8 Å². The first kappa shape index (κ1) is 17.3. The molecule has 1 saturated heterocycles. The monoisotopic (exact) mass is 331 g/mol. The highest BCUT2D eigenvalue weighted by atomic mass is 19.3. The number of carboxylic acids is 1. The molecule has 1 aliphatic rings. The fourth-order valence-electron chi connectivity index (χ4n) is 2.41. The van der Waals surface area contributed by atoms with E-state index in [4.69, 9.17) is 4.74 Å². The molecular weight excluding hydrogens is 315 g/mol. The zero-order valence-corrected chi connectivity index (χ0v) is 12.2. The Morgan fingerprint density at radius 2 is 1.96 bits per heavy atom. The van der Waals surface area contributed by atoms with Gasteiger partial charge in [0.2, 0.25) is 5.91 Å². The van der Waals surface area contributed by atoms with Gasteiger partial charge in [-0.25, -0.2) is 4.39 Å². The van der Waals surface area contributed by atoms with Crippen LogP contribution in [-0.2, 0) is 20.2 Å². The molecule has 0 aromatic heterocycles. The molecule has 0 atom stereocenters. The number of hydrogen-bond acceptors (Lipinski definition) is 3. The van der Waals surface area contributed by atoms with Gasteiger partial charge >= 0.3 is 11.9 Å². The van der Waals surface area contributed by atoms with Crippen LogP contribution in [0.2, 0.25) is 0 Å². The summed E-state index contributed by atoms with van der Waals surface area (Å²) in [6.45, 7) is -1.61. The molecule has 2 N–H and O–H groups in total. The number of ether oxygens (including phenoxy) is 1. The highest BCUT2D eigenvalue weighted by Gasteiger charge is 2.47. The van der Waals surface area contributed by atoms with Gasteiger partial charge in [-0.1, -0.05) is 12.1 Å². The number of benzene rings is 1. The summed E-state index contributed by atoms with van der Waals surface area (Å²) < 4.78 is 44.2. The average Bonchev–Trinajstić information content (AvgIpc) is 2.55. The first-order chi connectivity index (χ1) is 10.8. The molecule has 23 heavy (non-hydrogen) atoms. The highest BCUT2D eigenvalue weighted by molar-refractivity contribution is 6.08. The number of rotatable bonds is 5. The summed E-state index contributed by atoms with van der Waals surface area (Å²) in [5.74, 6) is -5.75. The third-order valence-electron chi connectivity index (χ3n) is 3.90. The molecular formula is C15H16F3NO4. The first-order valence-electron chi connectivity index (χ1n) is 6.99. The fraction of sp³-hybridized carbons (Fsp3) is 0.467. The van der Waals surface area contributed by atoms with Crippen LogP contribution >= 0.6 is 0 Å². The van der Waals surface area contributed by atoms with Crippen LogP contribution in [0.1, 0.15) is 18.4 Å². The zero-order chi connectivity index (χ0) is 17.1. The van der Waals surface area contributed by atoms with Gasteiger partial charge in [-0.3, -0.25) is 9.59 Å². The molecule has 1 fully saturated rings. The van der Waals surface area contributed by atoms with Gasteiger partial charge in [0.05, 0.1) is 0 Å². The van der Waals surface area contributed by atoms with Crippen LogP contribution in [0.25, 0.3) is 0 Å². The molecule has 0 aliphatic carbocycles. The van der Waals surface area contributed by atoms with E-state index in [2.05, 4.69) is 5.32 Å². The van der Waals surface area contributed by atoms with Crippen LogP contribution in [-0.4, -0.2) is 36.9 Å². The lowest BCUT2D eigenvalue weighted by Gasteiger charge is -2.31. The molecule has 0 radical (unpaired) electrons. The second-order valence-corrected chi connectivity index (χ2v) is 5.37. The van der Waals surface area contributed by atoms with Crippen LogP contribution in [0.15, 0.2) is 24.3 Å². The number of halogens is 3. The number of anilines is 1. The van der Waals surface area contributed by atoms with Crippen molar-refractivity contribution in [3.8, 4) is 0 Å². The lowest BCUT2D eigenvalue weighted by atomic mass is 9.79. The van der Waals surface area contributed by atoms with E-state index in [1.807, 2.05) is 0 Å². The van der Waals surface area contributed by atoms with Crippen molar-refractivity contribution >= 4 is 17.6 Å². The number of alkyl halides is 3. The maximum atomic E-state index is 13.4. The van der Waals surface area contributed by atoms with Crippen LogP contribution in [0, 0.1) is 5.41 Å². The summed E-state index contributed by atoms with van der Waals surface area (Å²) in [4.78, 5) is 23.8. The topological polar surface area (TPSA) is 75.6 Å². The van der Waals surface area contributed by atoms with Crippen LogP contribution in [0.5, 0.6) is 0 Å². The fourth-order valence-corrected chi connectivity index (χ4v) is 2.41. The Morgan fingerprint density at radius 1 is 1.30 bits per heavy atom. The van der Waals surface area contributed by atoms with E-state index < -0.39 is 35.5 Å². The number of carbonyl (C=O) groups excluding carboxylic acids is 1. The normalized spacial score (nSPS) is 17.5. The third-order valence-corrected chi connectivity index (χ3v) is 3.90. The van der Waals surface area contributed by atoms with Gasteiger partial charge in [0.25, 0.3) is 0 Å². The standard InChI is InChI=1S/C15H16F3NO4/c16-9-15(17,18)10-2-1-3-11(8-10)19-12(20)14(13(21)22)4-6-23-7-5-14/h1-3,8H,4-7,9H2,(H,19,20)(H,21,22). The Kier molecular flexibility index (Phi) is 4.93. The molecule has 8 heteroatoms. The second kappa shape index (κ2) is 6.57. The molecule has 0 saturated carbocycles. The Hall–Kier alpha value is -2.09. The number of hydrogen-bond donors (Lipinski definition) is 2. The number of aliphatic carboxylic acids is 1. The molecule has 1 aromatic rings. The van der Waals surface area contributed by atoms with Crippen LogP contribution in [0.4, 0.5) is 18.9 Å². The van der Waals surface area contributed by atoms with Gasteiger partial charge in [0, 0.05) is 24.5 Å². The maximum absolute atomic E-state index is 13.4. The number of amides is 1. The molecule has 1 aromatic carbocycles. The maximum Gasteiger partial charge on any atom is 0.319 e. The second-order valence-electron chi connectivity index (χ2n) is 5.37. The summed E-state index contributed by atoms with van der Waals surface area (Å²) in [5.41, 5.74) is -2.25. The molecule has 1 heterocycles. The van der Waals surface area contributed by atoms with Crippen LogP contribution < -0.4 is 5.32 Å². The number of carboxylic acid groups (broad SMARTS) is 1. The number of nitrogens with one attached hydrogen (secondary N) is 1. The van der Waals surface area contributed by atoms with E-state index in [-0.39, 0.29) is 31.7 Å². The van der Waals surface area contributed by atoms with E-state index in [0.29, 0.717) is 0 Å². The zero-order valence-electron chi connectivity index (χ0n) is 12.2. The lowest BCUT2D eigenvalue weighted by molar-refractivity contribution is -0.160. The largest absolute Gasteiger partial charge is 0.480 e. The summed E-state index contributed by atoms with van der Waals surface area (Å²) in [6, 6.07) is 4.56. The minimum atomic E-state index is -3.66. The first-order valence-corrected chi connectivity index (χ1v) is 6.99. The highest BCUT2D eigenvalue weighted by Crippen LogP contribution is 2.34. The third kappa shape index (κ3) is 3.47. The summed E-state index contributed by atoms with van der Waals surface area (Å²) in [6.07, 6.45) is -0.0109. The average molecular weight is 331 g/mol. The van der Waals surface area contributed by atoms with E-state index in [1.54, 1.807) is 0 Å². The van der Waals surface area contributed by atoms with Gasteiger partial charge < -0.3 is 15.2 Å². The van der Waals surface area contributed by atoms with Crippen LogP contribution in [0.3, 0.4) is 0 Å². The predicted molar refractivity (Wildman–Crippen MR) is 75.1 cm³/mol. The Bertz CT molecular complexity index is 600. The van der Waals surface area contributed by atoms with Gasteiger partial charge in [0.15, 0.2) is 12.1 Å². The molecule has 5 nitrogen and oxygen atoms in total. The van der Waals surface area contributed by atoms with Crippen molar-refractivity contribution in [3.63, 3.8) is 0 Å². The van der Waals surface area contributed by atoms with Crippen molar-refractivity contribution in [1.29, 1.82) is 0 Å². The molecule has 1 amide bonds. The van der Waals surface area contributed by atoms with Crippen molar-refractivity contribution in [3.05, 3.63) is 29.8 Å². The van der Waals surface area contributed by atoms with Crippen molar-refractivity contribution in [2.24, 2.45) is 5.41 Å². The molecule has 0 unspecified atom stereocenters. The minimum Gasteiger partial charge on any atom is -0.480 e. The van der Waals surface area contributed by atoms with Crippen molar-refractivity contribution < 1.29 is 32.6 Å². The van der Waals surface area contributed by atoms with Gasteiger partial charge in [-0.15, -0.1) is 0 Å². The Labute approximate surface area is 130 Å². The summed E-state index contributed by atoms with van der Waals surface area (Å²) >= 11 is 0. The molecule has 0 bridgehead atoms. The van der Waals surface area contributed by atoms with Gasteiger partial charge in [0.1, 0.15) is 0 Å². The van der Waals surface area contributed by atoms with E-state index in [0.717, 1.165) is 12.1 Å². The van der Waals surface area contributed by atoms with E-state index in [1.165, 1.54) is 12.1 Å². The predicted octanol–water partition coefficient (Wildman–Crippen LogP) is 2.57. The lowest BCUT2D eigenvalue weighted by Crippen LogP contribution is -2.47. The smallest absolute Gasteiger partial charge is 0.319 e. The van der Waals surface area contributed by atoms with Gasteiger partial charge in [-0.05, 0) is 25.0 Å². The minimum absolute atomic E-state index is 0.00546. The van der Waals surface area contributed by atoms with E-state index in [9.17, 15) is 27.9 Å². The SMILES string of the molecule is O=C(O)C1(C(=O)Nc2cccc(C(F)(F)CF)c2)CCOCC1. The molecule has 2 rings (SSSR count). The molecule has 126 valence electrons. The Morgan fingerprint density at radius 3 is 2.52 bits per heavy atom. The Balaban J connectivity index is 2.22. The van der Waals surface area contributed by atoms with Crippen molar-refractivity contribution in [2.75, 3.05) is 25.2 Å². The number of carbonyl (C=O) groups is 2. The molecule has 0 spiro atoms. The summed E-state index contributed by atoms with van der Waals surface area (Å²) in [7, 11) is 0. The van der Waals surface area contributed by atoms with Crippen molar-refractivity contribution in [1.82, 2.24) is 0 Å². The summed E-state index contributed by atoms with van der Waals surface area (Å²) in [5, 5.41) is 11.7. The van der Waals surface area contributed by atoms with E-state index >= 15 is 0 Å².